The van der Waals surface area contributed by atoms with Gasteiger partial charge in [0.25, 0.3) is 0 Å². The summed E-state index contributed by atoms with van der Waals surface area (Å²) in [6.07, 6.45) is 5.06. The van der Waals surface area contributed by atoms with Crippen LogP contribution in [0.1, 0.15) is 38.5 Å². The first-order valence-corrected chi connectivity index (χ1v) is 11.5. The van der Waals surface area contributed by atoms with Crippen molar-refractivity contribution < 1.29 is 23.1 Å². The molecule has 1 heterocycles. The maximum Gasteiger partial charge on any atom is 0.240 e. The molecule has 1 atom stereocenters. The van der Waals surface area contributed by atoms with E-state index in [2.05, 4.69) is 4.72 Å². The smallest absolute Gasteiger partial charge is 0.240 e. The Morgan fingerprint density at radius 3 is 2.46 bits per heavy atom. The highest BCUT2D eigenvalue weighted by Gasteiger charge is 2.34. The van der Waals surface area contributed by atoms with Gasteiger partial charge in [0.05, 0.1) is 24.7 Å². The Morgan fingerprint density at radius 1 is 1.18 bits per heavy atom. The first kappa shape index (κ1) is 21.1. The number of carbonyl (C=O) groups is 1. The quantitative estimate of drug-likeness (QED) is 0.714. The highest BCUT2D eigenvalue weighted by Crippen LogP contribution is 2.32. The van der Waals surface area contributed by atoms with Gasteiger partial charge in [-0.3, -0.25) is 4.79 Å². The predicted molar refractivity (Wildman–Crippen MR) is 105 cm³/mol. The van der Waals surface area contributed by atoms with Gasteiger partial charge >= 0.3 is 0 Å². The van der Waals surface area contributed by atoms with Crippen LogP contribution < -0.4 is 9.46 Å². The number of nitrogens with zero attached hydrogens (tertiary/aromatic N) is 1. The van der Waals surface area contributed by atoms with Crippen molar-refractivity contribution in [3.05, 3.63) is 24.3 Å². The normalized spacial score (nSPS) is 25.6. The van der Waals surface area contributed by atoms with Crippen molar-refractivity contribution >= 4 is 15.9 Å². The molecule has 28 heavy (non-hydrogen) atoms. The molecule has 2 aliphatic rings. The topological polar surface area (TPSA) is 95.9 Å². The fourth-order valence-corrected chi connectivity index (χ4v) is 5.35. The van der Waals surface area contributed by atoms with Gasteiger partial charge < -0.3 is 14.7 Å². The maximum atomic E-state index is 12.7. The van der Waals surface area contributed by atoms with Gasteiger partial charge in [0.2, 0.25) is 15.9 Å². The second-order valence-electron chi connectivity index (χ2n) is 7.76. The van der Waals surface area contributed by atoms with Crippen molar-refractivity contribution in [2.45, 2.75) is 49.5 Å². The van der Waals surface area contributed by atoms with Gasteiger partial charge in [-0.15, -0.1) is 0 Å². The zero-order valence-corrected chi connectivity index (χ0v) is 17.2. The SMILES string of the molecule is COc1ccc(S(=O)(=O)NCC2CCC(C(=O)N3CCCC3CO)CC2)cc1. The summed E-state index contributed by atoms with van der Waals surface area (Å²) in [7, 11) is -2.01. The minimum atomic E-state index is -3.55. The number of aliphatic hydroxyl groups is 1. The van der Waals surface area contributed by atoms with E-state index in [9.17, 15) is 18.3 Å². The monoisotopic (exact) mass is 410 g/mol. The van der Waals surface area contributed by atoms with Crippen LogP contribution >= 0.6 is 0 Å². The summed E-state index contributed by atoms with van der Waals surface area (Å²) in [4.78, 5) is 14.8. The van der Waals surface area contributed by atoms with Crippen molar-refractivity contribution in [2.75, 3.05) is 26.8 Å². The molecule has 2 N–H and O–H groups in total. The van der Waals surface area contributed by atoms with E-state index in [-0.39, 0.29) is 35.3 Å². The summed E-state index contributed by atoms with van der Waals surface area (Å²) in [5.74, 6) is 1.02. The molecule has 1 unspecified atom stereocenters. The van der Waals surface area contributed by atoms with Gasteiger partial charge in [-0.1, -0.05) is 0 Å². The summed E-state index contributed by atoms with van der Waals surface area (Å²) >= 11 is 0. The molecule has 0 bridgehead atoms. The van der Waals surface area contributed by atoms with Crippen molar-refractivity contribution in [2.24, 2.45) is 11.8 Å². The molecule has 1 aliphatic heterocycles. The summed E-state index contributed by atoms with van der Waals surface area (Å²) < 4.78 is 32.7. The van der Waals surface area contributed by atoms with E-state index in [0.717, 1.165) is 45.1 Å². The van der Waals surface area contributed by atoms with E-state index in [0.29, 0.717) is 12.3 Å². The lowest BCUT2D eigenvalue weighted by Crippen LogP contribution is -2.42. The fourth-order valence-electron chi connectivity index (χ4n) is 4.23. The van der Waals surface area contributed by atoms with Gasteiger partial charge in [-0.25, -0.2) is 13.1 Å². The number of carbonyl (C=O) groups excluding carboxylic acids is 1. The van der Waals surface area contributed by atoms with E-state index in [1.807, 2.05) is 4.90 Å². The zero-order valence-electron chi connectivity index (χ0n) is 16.3. The number of hydrogen-bond acceptors (Lipinski definition) is 5. The van der Waals surface area contributed by atoms with Crippen LogP contribution in [-0.4, -0.2) is 57.2 Å². The second kappa shape index (κ2) is 9.24. The van der Waals surface area contributed by atoms with Crippen LogP contribution in [-0.2, 0) is 14.8 Å². The standard InChI is InChI=1S/C20H30N2O5S/c1-27-18-8-10-19(11-9-18)28(25,26)21-13-15-4-6-16(7-5-15)20(24)22-12-2-3-17(22)14-23/h8-11,15-17,21,23H,2-7,12-14H2,1H3. The van der Waals surface area contributed by atoms with E-state index in [1.165, 1.54) is 19.2 Å². The Kier molecular flexibility index (Phi) is 6.95. The molecule has 1 aromatic carbocycles. The van der Waals surface area contributed by atoms with Crippen LogP contribution in [0.15, 0.2) is 29.2 Å². The van der Waals surface area contributed by atoms with E-state index in [4.69, 9.17) is 4.74 Å². The van der Waals surface area contributed by atoms with Gasteiger partial charge in [-0.05, 0) is 68.7 Å². The average Bonchev–Trinajstić information content (AvgIpc) is 3.21. The first-order valence-electron chi connectivity index (χ1n) is 9.99. The lowest BCUT2D eigenvalue weighted by molar-refractivity contribution is -0.138. The molecule has 1 saturated carbocycles. The number of hydrogen-bond donors (Lipinski definition) is 2. The van der Waals surface area contributed by atoms with Gasteiger partial charge in [0.1, 0.15) is 5.75 Å². The molecular weight excluding hydrogens is 380 g/mol. The number of likely N-dealkylation sites (tertiary alicyclic amines) is 1. The lowest BCUT2D eigenvalue weighted by Gasteiger charge is -2.32. The Morgan fingerprint density at radius 2 is 1.86 bits per heavy atom. The molecular formula is C20H30N2O5S. The van der Waals surface area contributed by atoms with Gasteiger partial charge in [-0.2, -0.15) is 0 Å². The highest BCUT2D eigenvalue weighted by molar-refractivity contribution is 7.89. The van der Waals surface area contributed by atoms with Crippen LogP contribution in [0.2, 0.25) is 0 Å². The molecule has 0 radical (unpaired) electrons. The van der Waals surface area contributed by atoms with Gasteiger partial charge in [0.15, 0.2) is 0 Å². The summed E-state index contributed by atoms with van der Waals surface area (Å²) in [5.41, 5.74) is 0. The number of benzene rings is 1. The molecule has 0 spiro atoms. The Balaban J connectivity index is 1.48. The van der Waals surface area contributed by atoms with Crippen LogP contribution in [0.25, 0.3) is 0 Å². The minimum absolute atomic E-state index is 0.00148. The van der Waals surface area contributed by atoms with Crippen LogP contribution in [0.5, 0.6) is 5.75 Å². The lowest BCUT2D eigenvalue weighted by atomic mass is 9.81. The molecule has 1 saturated heterocycles. The third-order valence-corrected chi connectivity index (χ3v) is 7.44. The molecule has 8 heteroatoms. The number of sulfonamides is 1. The second-order valence-corrected chi connectivity index (χ2v) is 9.52. The third-order valence-electron chi connectivity index (χ3n) is 6.00. The molecule has 3 rings (SSSR count). The number of rotatable bonds is 7. The largest absolute Gasteiger partial charge is 0.497 e. The fraction of sp³-hybridized carbons (Fsp3) is 0.650. The molecule has 1 amide bonds. The third kappa shape index (κ3) is 4.85. The molecule has 156 valence electrons. The van der Waals surface area contributed by atoms with Gasteiger partial charge in [0, 0.05) is 19.0 Å². The zero-order chi connectivity index (χ0) is 20.1. The first-order chi connectivity index (χ1) is 13.4. The van der Waals surface area contributed by atoms with Crippen molar-refractivity contribution in [1.29, 1.82) is 0 Å². The van der Waals surface area contributed by atoms with Crippen LogP contribution in [0.3, 0.4) is 0 Å². The number of aliphatic hydroxyl groups excluding tert-OH is 1. The predicted octanol–water partition coefficient (Wildman–Crippen LogP) is 1.76. The van der Waals surface area contributed by atoms with E-state index in [1.54, 1.807) is 12.1 Å². The number of methoxy groups -OCH3 is 1. The number of nitrogens with one attached hydrogen (secondary N) is 1. The molecule has 1 aliphatic carbocycles. The number of amides is 1. The molecule has 2 fully saturated rings. The Bertz CT molecular complexity index is 757. The molecule has 7 nitrogen and oxygen atoms in total. The Labute approximate surface area is 167 Å². The Hall–Kier alpha value is -1.64. The van der Waals surface area contributed by atoms with Crippen molar-refractivity contribution in [3.8, 4) is 5.75 Å². The van der Waals surface area contributed by atoms with Crippen LogP contribution in [0, 0.1) is 11.8 Å². The van der Waals surface area contributed by atoms with Crippen molar-refractivity contribution in [3.63, 3.8) is 0 Å². The van der Waals surface area contributed by atoms with Crippen LogP contribution in [0.4, 0.5) is 0 Å². The molecule has 0 aromatic heterocycles. The van der Waals surface area contributed by atoms with Crippen molar-refractivity contribution in [1.82, 2.24) is 9.62 Å². The molecule has 1 aromatic rings. The van der Waals surface area contributed by atoms with E-state index >= 15 is 0 Å². The summed E-state index contributed by atoms with van der Waals surface area (Å²) in [5, 5.41) is 9.43. The maximum absolute atomic E-state index is 12.7. The summed E-state index contributed by atoms with van der Waals surface area (Å²) in [6.45, 7) is 1.16. The number of ether oxygens (including phenoxy) is 1. The average molecular weight is 411 g/mol. The van der Waals surface area contributed by atoms with E-state index < -0.39 is 10.0 Å². The summed E-state index contributed by atoms with van der Waals surface area (Å²) in [6, 6.07) is 6.29. The highest BCUT2D eigenvalue weighted by atomic mass is 32.2. The minimum Gasteiger partial charge on any atom is -0.497 e.